The van der Waals surface area contributed by atoms with Crippen LogP contribution in [-0.4, -0.2) is 10.1 Å². The summed E-state index contributed by atoms with van der Waals surface area (Å²) in [6, 6.07) is 6.37. The molecule has 0 fully saturated rings. The van der Waals surface area contributed by atoms with Gasteiger partial charge in [0.15, 0.2) is 0 Å². The van der Waals surface area contributed by atoms with Gasteiger partial charge in [0, 0.05) is 10.9 Å². The van der Waals surface area contributed by atoms with Gasteiger partial charge in [0.2, 0.25) is 5.88 Å². The number of anilines is 1. The standard InChI is InChI=1S/C13H10FN3OS/c1-7-16-10(6-19-7)12-11(13(15)18-17-12)8-4-2-3-5-9(8)14/h2-6H,15H2,1H3. The zero-order chi connectivity index (χ0) is 13.4. The fraction of sp³-hybridized carbons (Fsp3) is 0.0769. The molecule has 2 heterocycles. The number of hydrogen-bond acceptors (Lipinski definition) is 5. The molecule has 0 aliphatic rings. The summed E-state index contributed by atoms with van der Waals surface area (Å²) in [7, 11) is 0. The molecule has 3 aromatic rings. The normalized spacial score (nSPS) is 10.8. The predicted octanol–water partition coefficient (Wildman–Crippen LogP) is 3.49. The van der Waals surface area contributed by atoms with Gasteiger partial charge in [-0.1, -0.05) is 23.4 Å². The molecular formula is C13H10FN3OS. The minimum Gasteiger partial charge on any atom is -0.367 e. The molecule has 0 radical (unpaired) electrons. The number of benzene rings is 1. The first-order valence-electron chi connectivity index (χ1n) is 5.59. The summed E-state index contributed by atoms with van der Waals surface area (Å²) in [6.45, 7) is 1.89. The van der Waals surface area contributed by atoms with E-state index < -0.39 is 0 Å². The summed E-state index contributed by atoms with van der Waals surface area (Å²) in [5.74, 6) is -0.281. The van der Waals surface area contributed by atoms with E-state index in [0.717, 1.165) is 5.01 Å². The van der Waals surface area contributed by atoms with E-state index in [0.29, 0.717) is 22.5 Å². The van der Waals surface area contributed by atoms with Gasteiger partial charge in [0.25, 0.3) is 0 Å². The smallest absolute Gasteiger partial charge is 0.230 e. The molecule has 2 aromatic heterocycles. The van der Waals surface area contributed by atoms with E-state index in [4.69, 9.17) is 10.3 Å². The van der Waals surface area contributed by atoms with Crippen molar-refractivity contribution in [2.75, 3.05) is 5.73 Å². The highest BCUT2D eigenvalue weighted by Crippen LogP contribution is 2.37. The third-order valence-electron chi connectivity index (χ3n) is 2.72. The lowest BCUT2D eigenvalue weighted by Gasteiger charge is -2.02. The van der Waals surface area contributed by atoms with E-state index >= 15 is 0 Å². The molecule has 96 valence electrons. The average Bonchev–Trinajstić information content (AvgIpc) is 2.96. The van der Waals surface area contributed by atoms with Crippen LogP contribution in [0.15, 0.2) is 34.2 Å². The second-order valence-electron chi connectivity index (χ2n) is 4.00. The molecule has 6 heteroatoms. The van der Waals surface area contributed by atoms with Gasteiger partial charge in [0.05, 0.1) is 10.6 Å². The van der Waals surface area contributed by atoms with E-state index in [1.54, 1.807) is 18.2 Å². The number of rotatable bonds is 2. The van der Waals surface area contributed by atoms with E-state index in [1.165, 1.54) is 17.4 Å². The average molecular weight is 275 g/mol. The lowest BCUT2D eigenvalue weighted by molar-refractivity contribution is 0.439. The van der Waals surface area contributed by atoms with Crippen LogP contribution in [0.5, 0.6) is 0 Å². The van der Waals surface area contributed by atoms with E-state index in [1.807, 2.05) is 12.3 Å². The van der Waals surface area contributed by atoms with E-state index in [9.17, 15) is 4.39 Å². The van der Waals surface area contributed by atoms with Crippen molar-refractivity contribution >= 4 is 17.2 Å². The van der Waals surface area contributed by atoms with Gasteiger partial charge < -0.3 is 10.3 Å². The highest BCUT2D eigenvalue weighted by molar-refractivity contribution is 7.09. The Kier molecular flexibility index (Phi) is 2.79. The minimum absolute atomic E-state index is 0.0887. The Morgan fingerprint density at radius 3 is 2.79 bits per heavy atom. The van der Waals surface area contributed by atoms with Crippen LogP contribution in [0.4, 0.5) is 10.3 Å². The summed E-state index contributed by atoms with van der Waals surface area (Å²) in [5, 5.41) is 6.64. The van der Waals surface area contributed by atoms with Gasteiger partial charge in [-0.05, 0) is 13.0 Å². The number of nitrogens with two attached hydrogens (primary N) is 1. The molecule has 0 saturated heterocycles. The predicted molar refractivity (Wildman–Crippen MR) is 72.2 cm³/mol. The fourth-order valence-electron chi connectivity index (χ4n) is 1.87. The minimum atomic E-state index is -0.370. The summed E-state index contributed by atoms with van der Waals surface area (Å²) in [5.41, 5.74) is 7.68. The van der Waals surface area contributed by atoms with Crippen LogP contribution < -0.4 is 5.73 Å². The number of halogens is 1. The Bertz CT molecular complexity index is 735. The van der Waals surface area contributed by atoms with Crippen molar-refractivity contribution in [2.24, 2.45) is 0 Å². The maximum atomic E-state index is 13.9. The second-order valence-corrected chi connectivity index (χ2v) is 5.06. The molecule has 0 saturated carbocycles. The van der Waals surface area contributed by atoms with Gasteiger partial charge in [-0.25, -0.2) is 9.37 Å². The molecular weight excluding hydrogens is 265 g/mol. The van der Waals surface area contributed by atoms with Crippen molar-refractivity contribution in [2.45, 2.75) is 6.92 Å². The summed E-state index contributed by atoms with van der Waals surface area (Å²) in [4.78, 5) is 4.33. The third-order valence-corrected chi connectivity index (χ3v) is 3.50. The van der Waals surface area contributed by atoms with Crippen LogP contribution in [0, 0.1) is 12.7 Å². The summed E-state index contributed by atoms with van der Waals surface area (Å²) in [6.07, 6.45) is 0. The van der Waals surface area contributed by atoms with Crippen molar-refractivity contribution in [3.05, 3.63) is 40.5 Å². The molecule has 0 amide bonds. The van der Waals surface area contributed by atoms with Crippen molar-refractivity contribution in [1.29, 1.82) is 0 Å². The molecule has 0 aliphatic heterocycles. The number of thiazole rings is 1. The molecule has 19 heavy (non-hydrogen) atoms. The topological polar surface area (TPSA) is 64.9 Å². The summed E-state index contributed by atoms with van der Waals surface area (Å²) >= 11 is 1.49. The molecule has 0 bridgehead atoms. The van der Waals surface area contributed by atoms with Crippen LogP contribution in [0.3, 0.4) is 0 Å². The monoisotopic (exact) mass is 275 g/mol. The lowest BCUT2D eigenvalue weighted by atomic mass is 10.0. The molecule has 2 N–H and O–H groups in total. The van der Waals surface area contributed by atoms with Gasteiger partial charge in [-0.3, -0.25) is 0 Å². The van der Waals surface area contributed by atoms with Crippen LogP contribution in [-0.2, 0) is 0 Å². The quantitative estimate of drug-likeness (QED) is 0.777. The molecule has 0 unspecified atom stereocenters. The Morgan fingerprint density at radius 1 is 1.32 bits per heavy atom. The Morgan fingerprint density at radius 2 is 2.11 bits per heavy atom. The zero-order valence-corrected chi connectivity index (χ0v) is 10.9. The number of aryl methyl sites for hydroxylation is 1. The number of hydrogen-bond donors (Lipinski definition) is 1. The zero-order valence-electron chi connectivity index (χ0n) is 10.1. The lowest BCUT2D eigenvalue weighted by Crippen LogP contribution is -1.90. The van der Waals surface area contributed by atoms with Crippen LogP contribution in [0.1, 0.15) is 5.01 Å². The summed E-state index contributed by atoms with van der Waals surface area (Å²) < 4.78 is 18.9. The third kappa shape index (κ3) is 2.00. The molecule has 3 rings (SSSR count). The van der Waals surface area contributed by atoms with Crippen LogP contribution in [0.25, 0.3) is 22.5 Å². The Balaban J connectivity index is 2.22. The Labute approximate surface area is 112 Å². The van der Waals surface area contributed by atoms with Crippen molar-refractivity contribution < 1.29 is 8.91 Å². The van der Waals surface area contributed by atoms with Crippen molar-refractivity contribution in [1.82, 2.24) is 10.1 Å². The van der Waals surface area contributed by atoms with E-state index in [2.05, 4.69) is 10.1 Å². The molecule has 1 aromatic carbocycles. The van der Waals surface area contributed by atoms with Crippen molar-refractivity contribution in [3.63, 3.8) is 0 Å². The first-order valence-corrected chi connectivity index (χ1v) is 6.47. The van der Waals surface area contributed by atoms with Crippen molar-refractivity contribution in [3.8, 4) is 22.5 Å². The fourth-order valence-corrected chi connectivity index (χ4v) is 2.47. The SMILES string of the molecule is Cc1nc(-c2noc(N)c2-c2ccccc2F)cs1. The highest BCUT2D eigenvalue weighted by atomic mass is 32.1. The van der Waals surface area contributed by atoms with Crippen LogP contribution in [0.2, 0.25) is 0 Å². The first kappa shape index (κ1) is 11.9. The van der Waals surface area contributed by atoms with Gasteiger partial charge in [-0.2, -0.15) is 0 Å². The Hall–Kier alpha value is -2.21. The molecule has 0 aliphatic carbocycles. The molecule has 0 spiro atoms. The van der Waals surface area contributed by atoms with Gasteiger partial charge >= 0.3 is 0 Å². The maximum Gasteiger partial charge on any atom is 0.230 e. The largest absolute Gasteiger partial charge is 0.367 e. The van der Waals surface area contributed by atoms with E-state index in [-0.39, 0.29) is 11.7 Å². The van der Waals surface area contributed by atoms with Gasteiger partial charge in [0.1, 0.15) is 17.2 Å². The number of nitrogens with zero attached hydrogens (tertiary/aromatic N) is 2. The molecule has 4 nitrogen and oxygen atoms in total. The van der Waals surface area contributed by atoms with Crippen LogP contribution >= 0.6 is 11.3 Å². The highest BCUT2D eigenvalue weighted by Gasteiger charge is 2.21. The first-order chi connectivity index (χ1) is 9.16. The van der Waals surface area contributed by atoms with Gasteiger partial charge in [-0.15, -0.1) is 11.3 Å². The number of nitrogen functional groups attached to an aromatic ring is 1. The molecule has 0 atom stereocenters. The number of aromatic nitrogens is 2. The second kappa shape index (κ2) is 4.47. The maximum absolute atomic E-state index is 13.9.